The molecule has 2 aromatic carbocycles. The number of methoxy groups -OCH3 is 2. The first-order valence-electron chi connectivity index (χ1n) is 7.15. The van der Waals surface area contributed by atoms with Gasteiger partial charge in [0.05, 0.1) is 13.2 Å². The number of rotatable bonds is 4. The second-order valence-electron chi connectivity index (χ2n) is 5.25. The van der Waals surface area contributed by atoms with Crippen molar-refractivity contribution in [2.45, 2.75) is 27.1 Å². The van der Waals surface area contributed by atoms with Crippen molar-refractivity contribution in [1.29, 1.82) is 0 Å². The van der Waals surface area contributed by atoms with Crippen LogP contribution in [0.25, 0.3) is 0 Å². The average Bonchev–Trinajstić information content (AvgIpc) is 2.48. The highest BCUT2D eigenvalue weighted by molar-refractivity contribution is 5.54. The Kier molecular flexibility index (Phi) is 7.43. The zero-order valence-corrected chi connectivity index (χ0v) is 13.8. The lowest BCUT2D eigenvalue weighted by molar-refractivity contribution is 0.184. The van der Waals surface area contributed by atoms with Crippen LogP contribution in [-0.4, -0.2) is 14.2 Å². The summed E-state index contributed by atoms with van der Waals surface area (Å²) >= 11 is 0. The molecule has 0 aliphatic rings. The minimum atomic E-state index is 0.511. The van der Waals surface area contributed by atoms with Crippen LogP contribution in [0.15, 0.2) is 36.4 Å². The molecule has 0 heterocycles. The molecule has 0 radical (unpaired) electrons. The van der Waals surface area contributed by atoms with E-state index in [4.69, 9.17) is 20.9 Å². The first-order chi connectivity index (χ1) is 10.5. The van der Waals surface area contributed by atoms with E-state index in [1.165, 1.54) is 16.7 Å². The summed E-state index contributed by atoms with van der Waals surface area (Å²) < 4.78 is 9.99. The highest BCUT2D eigenvalue weighted by Gasteiger charge is 1.97. The largest absolute Gasteiger partial charge is 0.399 e. The lowest BCUT2D eigenvalue weighted by Gasteiger charge is -2.04. The smallest absolute Gasteiger partial charge is 0.0733 e. The maximum Gasteiger partial charge on any atom is 0.0733 e. The summed E-state index contributed by atoms with van der Waals surface area (Å²) in [6.45, 7) is 5.43. The molecule has 22 heavy (non-hydrogen) atoms. The lowest BCUT2D eigenvalue weighted by Crippen LogP contribution is -1.97. The van der Waals surface area contributed by atoms with Crippen LogP contribution in [0.2, 0.25) is 0 Å². The predicted octanol–water partition coefficient (Wildman–Crippen LogP) is 3.45. The van der Waals surface area contributed by atoms with E-state index in [0.717, 1.165) is 11.3 Å². The van der Waals surface area contributed by atoms with E-state index in [1.807, 2.05) is 6.07 Å². The van der Waals surface area contributed by atoms with E-state index in [0.29, 0.717) is 18.9 Å². The molecule has 0 atom stereocenters. The molecule has 4 nitrogen and oxygen atoms in total. The van der Waals surface area contributed by atoms with Crippen LogP contribution in [0.3, 0.4) is 0 Å². The third kappa shape index (κ3) is 5.76. The Morgan fingerprint density at radius 3 is 2.09 bits per heavy atom. The number of aryl methyl sites for hydroxylation is 2. The van der Waals surface area contributed by atoms with E-state index >= 15 is 0 Å². The van der Waals surface area contributed by atoms with Gasteiger partial charge in [0.15, 0.2) is 0 Å². The van der Waals surface area contributed by atoms with Gasteiger partial charge in [0.1, 0.15) is 0 Å². The summed E-state index contributed by atoms with van der Waals surface area (Å²) in [4.78, 5) is 0. The molecule has 0 fully saturated rings. The van der Waals surface area contributed by atoms with Gasteiger partial charge in [-0.15, -0.1) is 0 Å². The van der Waals surface area contributed by atoms with Crippen LogP contribution in [0.5, 0.6) is 0 Å². The summed E-state index contributed by atoms with van der Waals surface area (Å²) in [6, 6.07) is 11.8. The Labute approximate surface area is 133 Å². The zero-order valence-electron chi connectivity index (χ0n) is 13.8. The van der Waals surface area contributed by atoms with Crippen molar-refractivity contribution >= 4 is 11.4 Å². The lowest BCUT2D eigenvalue weighted by atomic mass is 10.1. The molecule has 120 valence electrons. The Balaban J connectivity index is 0.000000220. The summed E-state index contributed by atoms with van der Waals surface area (Å²) in [7, 11) is 3.35. The van der Waals surface area contributed by atoms with Crippen LogP contribution in [-0.2, 0) is 22.7 Å². The van der Waals surface area contributed by atoms with Gasteiger partial charge in [-0.05, 0) is 43.2 Å². The van der Waals surface area contributed by atoms with Crippen molar-refractivity contribution < 1.29 is 9.47 Å². The maximum atomic E-state index is 5.64. The van der Waals surface area contributed by atoms with Crippen molar-refractivity contribution in [3.8, 4) is 0 Å². The fourth-order valence-corrected chi connectivity index (χ4v) is 2.02. The van der Waals surface area contributed by atoms with Crippen molar-refractivity contribution in [3.63, 3.8) is 0 Å². The van der Waals surface area contributed by atoms with E-state index in [-0.39, 0.29) is 0 Å². The highest BCUT2D eigenvalue weighted by atomic mass is 16.5. The molecule has 0 bridgehead atoms. The van der Waals surface area contributed by atoms with E-state index in [1.54, 1.807) is 26.4 Å². The van der Waals surface area contributed by atoms with Crippen molar-refractivity contribution in [2.75, 3.05) is 25.7 Å². The molecule has 0 amide bonds. The fourth-order valence-electron chi connectivity index (χ4n) is 2.02. The normalized spacial score (nSPS) is 10.0. The molecule has 0 saturated carbocycles. The van der Waals surface area contributed by atoms with Gasteiger partial charge < -0.3 is 20.9 Å². The third-order valence-electron chi connectivity index (χ3n) is 3.27. The van der Waals surface area contributed by atoms with Crippen LogP contribution in [0, 0.1) is 13.8 Å². The molecule has 0 aliphatic carbocycles. The molecule has 0 aliphatic heterocycles. The minimum Gasteiger partial charge on any atom is -0.399 e. The van der Waals surface area contributed by atoms with E-state index in [9.17, 15) is 0 Å². The molecule has 0 unspecified atom stereocenters. The Morgan fingerprint density at radius 1 is 0.818 bits per heavy atom. The van der Waals surface area contributed by atoms with Gasteiger partial charge >= 0.3 is 0 Å². The fraction of sp³-hybridized carbons (Fsp3) is 0.333. The van der Waals surface area contributed by atoms with Gasteiger partial charge in [0.2, 0.25) is 0 Å². The number of nitrogens with two attached hydrogens (primary N) is 2. The highest BCUT2D eigenvalue weighted by Crippen LogP contribution is 2.15. The number of anilines is 2. The Morgan fingerprint density at radius 2 is 1.45 bits per heavy atom. The monoisotopic (exact) mass is 302 g/mol. The standard InChI is InChI=1S/C10H14O.C8H12N2O/c1-8-4-5-9(2)10(6-8)7-11-3;1-11-5-6-4-7(9)2-3-8(6)10/h4-6H,7H2,1-3H3;2-4H,5,9-10H2,1H3. The van der Waals surface area contributed by atoms with Crippen molar-refractivity contribution in [1.82, 2.24) is 0 Å². The Bertz CT molecular complexity index is 544. The minimum absolute atomic E-state index is 0.511. The number of hydrogen-bond donors (Lipinski definition) is 2. The van der Waals surface area contributed by atoms with Crippen LogP contribution in [0.1, 0.15) is 22.3 Å². The van der Waals surface area contributed by atoms with Crippen LogP contribution < -0.4 is 11.5 Å². The Hall–Kier alpha value is -2.04. The molecule has 0 aromatic heterocycles. The van der Waals surface area contributed by atoms with E-state index < -0.39 is 0 Å². The predicted molar refractivity (Wildman–Crippen MR) is 92.6 cm³/mol. The molecule has 4 N–H and O–H groups in total. The second-order valence-corrected chi connectivity index (χ2v) is 5.25. The van der Waals surface area contributed by atoms with Gasteiger partial charge in [0, 0.05) is 31.2 Å². The van der Waals surface area contributed by atoms with Gasteiger partial charge in [-0.1, -0.05) is 23.8 Å². The van der Waals surface area contributed by atoms with Crippen LogP contribution >= 0.6 is 0 Å². The molecule has 0 saturated heterocycles. The average molecular weight is 302 g/mol. The molecule has 0 spiro atoms. The first kappa shape index (κ1) is 18.0. The van der Waals surface area contributed by atoms with Gasteiger partial charge in [-0.2, -0.15) is 0 Å². The summed E-state index contributed by atoms with van der Waals surface area (Å²) in [5.41, 5.74) is 17.4. The summed E-state index contributed by atoms with van der Waals surface area (Å²) in [5, 5.41) is 0. The molecule has 2 aromatic rings. The number of benzene rings is 2. The zero-order chi connectivity index (χ0) is 16.5. The summed E-state index contributed by atoms with van der Waals surface area (Å²) in [5.74, 6) is 0. The molecule has 4 heteroatoms. The van der Waals surface area contributed by atoms with Crippen molar-refractivity contribution in [2.24, 2.45) is 0 Å². The van der Waals surface area contributed by atoms with Crippen LogP contribution in [0.4, 0.5) is 11.4 Å². The van der Waals surface area contributed by atoms with Gasteiger partial charge in [0.25, 0.3) is 0 Å². The molecule has 2 rings (SSSR count). The number of ether oxygens (including phenoxy) is 2. The van der Waals surface area contributed by atoms with Gasteiger partial charge in [-0.3, -0.25) is 0 Å². The van der Waals surface area contributed by atoms with Gasteiger partial charge in [-0.25, -0.2) is 0 Å². The molecular formula is C18H26N2O2. The number of nitrogen functional groups attached to an aromatic ring is 2. The summed E-state index contributed by atoms with van der Waals surface area (Å²) in [6.07, 6.45) is 0. The SMILES string of the molecule is COCc1cc(C)ccc1C.COCc1cc(N)ccc1N. The first-order valence-corrected chi connectivity index (χ1v) is 7.15. The quantitative estimate of drug-likeness (QED) is 0.849. The van der Waals surface area contributed by atoms with Crippen molar-refractivity contribution in [3.05, 3.63) is 58.7 Å². The number of hydrogen-bond acceptors (Lipinski definition) is 4. The molecular weight excluding hydrogens is 276 g/mol. The maximum absolute atomic E-state index is 5.64. The van der Waals surface area contributed by atoms with E-state index in [2.05, 4.69) is 32.0 Å². The second kappa shape index (κ2) is 9.07. The third-order valence-corrected chi connectivity index (χ3v) is 3.27. The topological polar surface area (TPSA) is 70.5 Å².